The van der Waals surface area contributed by atoms with Crippen molar-refractivity contribution >= 4 is 11.6 Å². The Balaban J connectivity index is 2.54. The Hall–Kier alpha value is -1.34. The van der Waals surface area contributed by atoms with Gasteiger partial charge in [0.15, 0.2) is 0 Å². The van der Waals surface area contributed by atoms with E-state index in [-0.39, 0.29) is 0 Å². The Kier molecular flexibility index (Phi) is 2.74. The van der Waals surface area contributed by atoms with Crippen LogP contribution in [-0.4, -0.2) is 4.98 Å². The minimum absolute atomic E-state index is 0.808. The predicted molar refractivity (Wildman–Crippen MR) is 64.2 cm³/mol. The third-order valence-corrected chi connectivity index (χ3v) is 2.92. The van der Waals surface area contributed by atoms with Crippen molar-refractivity contribution in [3.8, 4) is 11.1 Å². The third kappa shape index (κ3) is 2.02. The molecule has 0 saturated carbocycles. The van der Waals surface area contributed by atoms with Crippen LogP contribution in [0, 0.1) is 13.8 Å². The van der Waals surface area contributed by atoms with Crippen molar-refractivity contribution in [2.45, 2.75) is 13.8 Å². The summed E-state index contributed by atoms with van der Waals surface area (Å²) >= 11 is 6.24. The molecule has 0 aliphatic heterocycles. The quantitative estimate of drug-likeness (QED) is 0.703. The van der Waals surface area contributed by atoms with E-state index in [2.05, 4.69) is 4.98 Å². The van der Waals surface area contributed by atoms with E-state index in [1.54, 1.807) is 0 Å². The SMILES string of the molecule is Cc1ccc(-c2cccc(C)c2Cl)cn1. The minimum Gasteiger partial charge on any atom is -0.261 e. The second-order valence-corrected chi connectivity index (χ2v) is 4.00. The van der Waals surface area contributed by atoms with Crippen LogP contribution in [0.3, 0.4) is 0 Å². The lowest BCUT2D eigenvalue weighted by Gasteiger charge is -2.06. The highest BCUT2D eigenvalue weighted by Gasteiger charge is 2.04. The molecule has 0 atom stereocenters. The fourth-order valence-corrected chi connectivity index (χ4v) is 1.73. The molecule has 0 radical (unpaired) electrons. The molecule has 2 rings (SSSR count). The molecule has 0 N–H and O–H groups in total. The Labute approximate surface area is 94.7 Å². The highest BCUT2D eigenvalue weighted by Crippen LogP contribution is 2.29. The molecule has 76 valence electrons. The van der Waals surface area contributed by atoms with Crippen LogP contribution in [-0.2, 0) is 0 Å². The van der Waals surface area contributed by atoms with Gasteiger partial charge >= 0.3 is 0 Å². The van der Waals surface area contributed by atoms with E-state index in [0.29, 0.717) is 0 Å². The van der Waals surface area contributed by atoms with Crippen molar-refractivity contribution in [1.82, 2.24) is 4.98 Å². The van der Waals surface area contributed by atoms with E-state index < -0.39 is 0 Å². The van der Waals surface area contributed by atoms with E-state index >= 15 is 0 Å². The van der Waals surface area contributed by atoms with E-state index in [4.69, 9.17) is 11.6 Å². The molecule has 15 heavy (non-hydrogen) atoms. The molecule has 0 aliphatic carbocycles. The van der Waals surface area contributed by atoms with Gasteiger partial charge in [0.2, 0.25) is 0 Å². The zero-order valence-corrected chi connectivity index (χ0v) is 9.55. The zero-order valence-electron chi connectivity index (χ0n) is 8.79. The standard InChI is InChI=1S/C13H12ClN/c1-9-4-3-5-12(13(9)14)11-7-6-10(2)15-8-11/h3-8H,1-2H3. The maximum absolute atomic E-state index is 6.24. The number of aryl methyl sites for hydroxylation is 2. The maximum atomic E-state index is 6.24. The van der Waals surface area contributed by atoms with Crippen molar-refractivity contribution < 1.29 is 0 Å². The molecule has 2 heteroatoms. The monoisotopic (exact) mass is 217 g/mol. The molecule has 0 aliphatic rings. The average Bonchev–Trinajstić information content (AvgIpc) is 2.24. The van der Waals surface area contributed by atoms with Gasteiger partial charge < -0.3 is 0 Å². The molecule has 1 heterocycles. The molecule has 1 nitrogen and oxygen atoms in total. The lowest BCUT2D eigenvalue weighted by molar-refractivity contribution is 1.20. The van der Waals surface area contributed by atoms with E-state index in [9.17, 15) is 0 Å². The number of pyridine rings is 1. The van der Waals surface area contributed by atoms with Crippen molar-refractivity contribution in [2.75, 3.05) is 0 Å². The number of halogens is 1. The van der Waals surface area contributed by atoms with Gasteiger partial charge in [0, 0.05) is 23.0 Å². The third-order valence-electron chi connectivity index (χ3n) is 2.41. The summed E-state index contributed by atoms with van der Waals surface area (Å²) < 4.78 is 0. The number of hydrogen-bond donors (Lipinski definition) is 0. The lowest BCUT2D eigenvalue weighted by atomic mass is 10.1. The Morgan fingerprint density at radius 1 is 1.07 bits per heavy atom. The van der Waals surface area contributed by atoms with Crippen molar-refractivity contribution in [3.63, 3.8) is 0 Å². The van der Waals surface area contributed by atoms with Crippen molar-refractivity contribution in [3.05, 3.63) is 52.8 Å². The lowest BCUT2D eigenvalue weighted by Crippen LogP contribution is -1.85. The highest BCUT2D eigenvalue weighted by atomic mass is 35.5. The number of rotatable bonds is 1. The topological polar surface area (TPSA) is 12.9 Å². The molecule has 0 bridgehead atoms. The van der Waals surface area contributed by atoms with Gasteiger partial charge in [-0.1, -0.05) is 35.9 Å². The van der Waals surface area contributed by atoms with Gasteiger partial charge in [0.05, 0.1) is 5.02 Å². The predicted octanol–water partition coefficient (Wildman–Crippen LogP) is 4.02. The van der Waals surface area contributed by atoms with E-state index in [1.807, 2.05) is 50.4 Å². The summed E-state index contributed by atoms with van der Waals surface area (Å²) in [5.41, 5.74) is 4.22. The Bertz CT molecular complexity index is 474. The van der Waals surface area contributed by atoms with Gasteiger partial charge in [-0.15, -0.1) is 0 Å². The fraction of sp³-hybridized carbons (Fsp3) is 0.154. The molecule has 0 unspecified atom stereocenters. The summed E-state index contributed by atoms with van der Waals surface area (Å²) in [5, 5.41) is 0.808. The molecule has 2 aromatic rings. The number of nitrogens with zero attached hydrogens (tertiary/aromatic N) is 1. The van der Waals surface area contributed by atoms with Crippen molar-refractivity contribution in [2.24, 2.45) is 0 Å². The summed E-state index contributed by atoms with van der Waals surface area (Å²) in [6, 6.07) is 10.1. The molecule has 1 aromatic carbocycles. The van der Waals surface area contributed by atoms with E-state index in [1.165, 1.54) is 0 Å². The molecule has 0 spiro atoms. The summed E-state index contributed by atoms with van der Waals surface area (Å²) in [5.74, 6) is 0. The van der Waals surface area contributed by atoms with Gasteiger partial charge in [0.25, 0.3) is 0 Å². The largest absolute Gasteiger partial charge is 0.261 e. The minimum atomic E-state index is 0.808. The van der Waals surface area contributed by atoms with Crippen LogP contribution in [0.5, 0.6) is 0 Å². The van der Waals surface area contributed by atoms with Crippen LogP contribution in [0.2, 0.25) is 5.02 Å². The number of hydrogen-bond acceptors (Lipinski definition) is 1. The van der Waals surface area contributed by atoms with Crippen LogP contribution in [0.25, 0.3) is 11.1 Å². The van der Waals surface area contributed by atoms with Crippen LogP contribution in [0.1, 0.15) is 11.3 Å². The molecular formula is C13H12ClN. The molecule has 0 amide bonds. The second kappa shape index (κ2) is 4.03. The zero-order chi connectivity index (χ0) is 10.8. The van der Waals surface area contributed by atoms with Gasteiger partial charge in [-0.2, -0.15) is 0 Å². The molecule has 0 fully saturated rings. The fourth-order valence-electron chi connectivity index (χ4n) is 1.50. The number of benzene rings is 1. The number of aromatic nitrogens is 1. The maximum Gasteiger partial charge on any atom is 0.0514 e. The van der Waals surface area contributed by atoms with Crippen LogP contribution in [0.15, 0.2) is 36.5 Å². The molecule has 1 aromatic heterocycles. The average molecular weight is 218 g/mol. The van der Waals surface area contributed by atoms with Gasteiger partial charge in [-0.3, -0.25) is 4.98 Å². The second-order valence-electron chi connectivity index (χ2n) is 3.62. The first kappa shape index (κ1) is 10.2. The Morgan fingerprint density at radius 3 is 2.53 bits per heavy atom. The first-order valence-electron chi connectivity index (χ1n) is 4.86. The first-order valence-corrected chi connectivity index (χ1v) is 5.24. The van der Waals surface area contributed by atoms with E-state index in [0.717, 1.165) is 27.4 Å². The first-order chi connectivity index (χ1) is 7.18. The van der Waals surface area contributed by atoms with Gasteiger partial charge in [-0.05, 0) is 25.5 Å². The van der Waals surface area contributed by atoms with Gasteiger partial charge in [-0.25, -0.2) is 0 Å². The van der Waals surface area contributed by atoms with Crippen LogP contribution in [0.4, 0.5) is 0 Å². The smallest absolute Gasteiger partial charge is 0.0514 e. The summed E-state index contributed by atoms with van der Waals surface area (Å²) in [6.07, 6.45) is 1.86. The summed E-state index contributed by atoms with van der Waals surface area (Å²) in [6.45, 7) is 3.98. The normalized spacial score (nSPS) is 10.3. The molecule has 0 saturated heterocycles. The van der Waals surface area contributed by atoms with Crippen molar-refractivity contribution in [1.29, 1.82) is 0 Å². The summed E-state index contributed by atoms with van der Waals surface area (Å²) in [7, 11) is 0. The summed E-state index contributed by atoms with van der Waals surface area (Å²) in [4.78, 5) is 4.27. The van der Waals surface area contributed by atoms with Gasteiger partial charge in [0.1, 0.15) is 0 Å². The van der Waals surface area contributed by atoms with Crippen LogP contribution >= 0.6 is 11.6 Å². The van der Waals surface area contributed by atoms with Crippen LogP contribution < -0.4 is 0 Å². The Morgan fingerprint density at radius 2 is 1.87 bits per heavy atom. The highest BCUT2D eigenvalue weighted by molar-refractivity contribution is 6.34. The molecular weight excluding hydrogens is 206 g/mol.